The molecule has 9 heteroatoms. The third-order valence-corrected chi connectivity index (χ3v) is 2.26. The van der Waals surface area contributed by atoms with Crippen LogP contribution in [-0.4, -0.2) is 0 Å². The fourth-order valence-corrected chi connectivity index (χ4v) is 0.386. The van der Waals surface area contributed by atoms with Crippen molar-refractivity contribution in [3.05, 3.63) is 19.6 Å². The maximum atomic E-state index is 8.01. The number of hydrogen-bond acceptors (Lipinski definition) is 8. The first-order chi connectivity index (χ1) is 7.44. The molecule has 1 radical (unpaired) electrons. The molecule has 0 aromatic rings. The Labute approximate surface area is 132 Å². The zero-order valence-corrected chi connectivity index (χ0v) is 11.9. The first kappa shape index (κ1) is 21.2. The fraction of sp³-hybridized carbons (Fsp3) is 0. The van der Waals surface area contributed by atoms with Crippen LogP contribution in [0.2, 0.25) is 0 Å². The van der Waals surface area contributed by atoms with Crippen LogP contribution in [0.5, 0.6) is 0 Å². The quantitative estimate of drug-likeness (QED) is 0.360. The Bertz CT molecular complexity index is 394. The van der Waals surface area contributed by atoms with Crippen molar-refractivity contribution in [3.8, 4) is 24.3 Å². The molecule has 4 nitrogen and oxygen atoms in total. The van der Waals surface area contributed by atoms with E-state index in [1.807, 2.05) is 0 Å². The van der Waals surface area contributed by atoms with Crippen molar-refractivity contribution in [1.29, 1.82) is 21.0 Å². The summed E-state index contributed by atoms with van der Waals surface area (Å²) < 4.78 is 0. The molecule has 0 aliphatic heterocycles. The van der Waals surface area contributed by atoms with Crippen molar-refractivity contribution in [1.82, 2.24) is 0 Å². The van der Waals surface area contributed by atoms with Crippen LogP contribution in [-0.2, 0) is 67.6 Å². The van der Waals surface area contributed by atoms with Gasteiger partial charge in [-0.25, -0.2) is 0 Å². The second-order valence-electron chi connectivity index (χ2n) is 1.76. The summed E-state index contributed by atoms with van der Waals surface area (Å²) in [6.07, 6.45) is 0. The summed E-state index contributed by atoms with van der Waals surface area (Å²) in [4.78, 5) is -0.435. The Morgan fingerprint density at radius 2 is 0.647 bits per heavy atom. The van der Waals surface area contributed by atoms with E-state index in [2.05, 4.69) is 50.5 Å². The summed E-state index contributed by atoms with van der Waals surface area (Å²) in [5, 5.41) is 32.0. The minimum absolute atomic E-state index is 0. The molecule has 0 fully saturated rings. The Morgan fingerprint density at radius 3 is 0.706 bits per heavy atom. The van der Waals surface area contributed by atoms with Crippen molar-refractivity contribution in [2.75, 3.05) is 0 Å². The molecule has 0 spiro atoms. The molecule has 0 saturated carbocycles. The number of rotatable bonds is 0. The number of allylic oxidation sites excluding steroid dienone is 4. The predicted octanol–water partition coefficient (Wildman–Crippen LogP) is 0.675. The first-order valence-electron chi connectivity index (χ1n) is 3.21. The van der Waals surface area contributed by atoms with Gasteiger partial charge in [-0.05, 0) is 0 Å². The van der Waals surface area contributed by atoms with Crippen LogP contribution in [0.25, 0.3) is 0 Å². The second kappa shape index (κ2) is 12.9. The van der Waals surface area contributed by atoms with E-state index in [4.69, 9.17) is 21.0 Å². The van der Waals surface area contributed by atoms with E-state index in [0.717, 1.165) is 0 Å². The minimum Gasteiger partial charge on any atom is -0.770 e. The monoisotopic (exact) mass is 343 g/mol. The molecule has 0 N–H and O–H groups in total. The molecular weight excluding hydrogens is 344 g/mol. The van der Waals surface area contributed by atoms with Gasteiger partial charge in [0, 0.05) is 0 Å². The van der Waals surface area contributed by atoms with Crippen molar-refractivity contribution in [2.24, 2.45) is 0 Å². The smallest absolute Gasteiger partial charge is 0.770 e. The summed E-state index contributed by atoms with van der Waals surface area (Å²) in [6, 6.07) is 6.33. The van der Waals surface area contributed by atoms with Crippen LogP contribution >= 0.6 is 0 Å². The zero-order valence-electron chi connectivity index (χ0n) is 7.72. The van der Waals surface area contributed by atoms with Gasteiger partial charge in [0.25, 0.3) is 0 Å². The van der Waals surface area contributed by atoms with Crippen molar-refractivity contribution in [3.63, 3.8) is 0 Å². The summed E-state index contributed by atoms with van der Waals surface area (Å²) in [6.45, 7) is 0. The molecular formula is C8CuN4S4-2. The van der Waals surface area contributed by atoms with Gasteiger partial charge in [-0.2, -0.15) is 21.0 Å². The van der Waals surface area contributed by atoms with Gasteiger partial charge >= 0.3 is 17.1 Å². The topological polar surface area (TPSA) is 95.2 Å². The summed E-state index contributed by atoms with van der Waals surface area (Å²) in [5.41, 5.74) is 0. The number of hydrogen-bond donors (Lipinski definition) is 0. The van der Waals surface area contributed by atoms with Crippen molar-refractivity contribution in [2.45, 2.75) is 0 Å². The van der Waals surface area contributed by atoms with Gasteiger partial charge in [0.1, 0.15) is 0 Å². The number of nitrogens with zero attached hydrogens (tertiary/aromatic N) is 4. The molecule has 0 rings (SSSR count). The molecule has 0 atom stereocenters. The molecule has 0 aromatic carbocycles. The standard InChI is InChI=1S/2C4H2N2S2.Cu/c2*5-1-3(7)4(8)2-6;/h2*7-8H;/q;;+2/p-4. The van der Waals surface area contributed by atoms with Crippen LogP contribution in [0.1, 0.15) is 0 Å². The molecule has 0 bridgehead atoms. The van der Waals surface area contributed by atoms with Gasteiger partial charge in [0.2, 0.25) is 0 Å². The Hall–Kier alpha value is -1.16. The third-order valence-electron chi connectivity index (χ3n) is 0.819. The first-order valence-corrected chi connectivity index (χ1v) is 4.84. The van der Waals surface area contributed by atoms with E-state index in [1.54, 1.807) is 24.3 Å². The Morgan fingerprint density at radius 1 is 0.529 bits per heavy atom. The van der Waals surface area contributed by atoms with E-state index >= 15 is 0 Å². The normalized spacial score (nSPS) is 10.1. The van der Waals surface area contributed by atoms with E-state index < -0.39 is 0 Å². The van der Waals surface area contributed by atoms with Crippen LogP contribution in [0, 0.1) is 45.3 Å². The van der Waals surface area contributed by atoms with Gasteiger partial charge in [0.05, 0.1) is 24.3 Å². The van der Waals surface area contributed by atoms with Crippen LogP contribution in [0.4, 0.5) is 0 Å². The number of nitriles is 4. The zero-order chi connectivity index (χ0) is 13.1. The third kappa shape index (κ3) is 11.1. The maximum absolute atomic E-state index is 8.01. The predicted molar refractivity (Wildman–Crippen MR) is 66.0 cm³/mol. The molecule has 0 aliphatic rings. The average molecular weight is 344 g/mol. The molecule has 0 unspecified atom stereocenters. The summed E-state index contributed by atoms with van der Waals surface area (Å²) in [5.74, 6) is 0. The second-order valence-corrected chi connectivity index (χ2v) is 3.40. The van der Waals surface area contributed by atoms with Gasteiger partial charge in [-0.3, -0.25) is 0 Å². The largest absolute Gasteiger partial charge is 2.00 e. The van der Waals surface area contributed by atoms with Crippen LogP contribution < -0.4 is 0 Å². The van der Waals surface area contributed by atoms with Gasteiger partial charge in [0.15, 0.2) is 0 Å². The van der Waals surface area contributed by atoms with E-state index in [9.17, 15) is 0 Å². The Balaban J connectivity index is -0.000000218. The minimum atomic E-state index is -0.109. The van der Waals surface area contributed by atoms with E-state index in [-0.39, 0.29) is 36.7 Å². The van der Waals surface area contributed by atoms with Gasteiger partial charge in [-0.1, -0.05) is 0 Å². The molecule has 0 heterocycles. The van der Waals surface area contributed by atoms with E-state index in [0.29, 0.717) is 0 Å². The summed E-state index contributed by atoms with van der Waals surface area (Å²) in [7, 11) is 0. The Kier molecular flexibility index (Phi) is 16.1. The van der Waals surface area contributed by atoms with Crippen molar-refractivity contribution >= 4 is 50.5 Å². The molecule has 0 saturated heterocycles. The average Bonchev–Trinajstić information content (AvgIpc) is 2.35. The van der Waals surface area contributed by atoms with Crippen LogP contribution in [0.15, 0.2) is 19.6 Å². The van der Waals surface area contributed by atoms with Crippen LogP contribution in [0.3, 0.4) is 0 Å². The van der Waals surface area contributed by atoms with Crippen molar-refractivity contribution < 1.29 is 17.1 Å². The SMILES string of the molecule is N#CC([S-])=C([S-])C#N.N#CC([S-])=C([S-])C#N.[Cu+2]. The molecule has 0 amide bonds. The molecule has 0 aliphatic carbocycles. The van der Waals surface area contributed by atoms with E-state index in [1.165, 1.54) is 0 Å². The summed E-state index contributed by atoms with van der Waals surface area (Å²) >= 11 is 17.4. The van der Waals surface area contributed by atoms with Gasteiger partial charge < -0.3 is 50.5 Å². The maximum Gasteiger partial charge on any atom is 2.00 e. The fourth-order valence-electron chi connectivity index (χ4n) is 0.203. The molecule has 89 valence electrons. The molecule has 17 heavy (non-hydrogen) atoms. The molecule has 0 aromatic heterocycles. The van der Waals surface area contributed by atoms with Gasteiger partial charge in [-0.15, -0.1) is 19.6 Å².